The summed E-state index contributed by atoms with van der Waals surface area (Å²) in [7, 11) is 1.12. The summed E-state index contributed by atoms with van der Waals surface area (Å²) >= 11 is 9.20. The predicted molar refractivity (Wildman–Crippen MR) is 92.7 cm³/mol. The molecule has 0 unspecified atom stereocenters. The second kappa shape index (κ2) is 7.59. The number of nitrogens with one attached hydrogen (secondary N) is 1. The number of rotatable bonds is 3. The molecule has 1 amide bonds. The number of ether oxygens (including phenoxy) is 1. The standard InChI is InChI=1S/C16H10BrClFN3O3/c1-7(23)21-14-11(18)15(16(24)25-2)22-13(12(14)19)8-3-4-10(17)9(5-8)6-20/h3-5H,1-2H3,(H,21,22,23). The SMILES string of the molecule is COC(=O)c1nc(-c2ccc(Br)c(C#N)c2)c(F)c(NC(C)=O)c1Cl. The summed E-state index contributed by atoms with van der Waals surface area (Å²) in [5.41, 5.74) is -0.524. The third-order valence-corrected chi connectivity index (χ3v) is 4.18. The summed E-state index contributed by atoms with van der Waals surface area (Å²) in [6, 6.07) is 6.38. The van der Waals surface area contributed by atoms with Gasteiger partial charge in [0.1, 0.15) is 22.5 Å². The van der Waals surface area contributed by atoms with Crippen LogP contribution in [0.5, 0.6) is 0 Å². The van der Waals surface area contributed by atoms with Gasteiger partial charge >= 0.3 is 5.97 Å². The van der Waals surface area contributed by atoms with Crippen molar-refractivity contribution in [2.24, 2.45) is 0 Å². The van der Waals surface area contributed by atoms with Crippen LogP contribution in [0.1, 0.15) is 23.0 Å². The molecule has 0 aliphatic carbocycles. The molecule has 0 atom stereocenters. The Morgan fingerprint density at radius 1 is 1.44 bits per heavy atom. The van der Waals surface area contributed by atoms with Gasteiger partial charge in [-0.2, -0.15) is 5.26 Å². The lowest BCUT2D eigenvalue weighted by Gasteiger charge is -2.13. The third-order valence-electron chi connectivity index (χ3n) is 3.12. The first-order valence-corrected chi connectivity index (χ1v) is 7.92. The summed E-state index contributed by atoms with van der Waals surface area (Å²) < 4.78 is 20.0. The molecule has 9 heteroatoms. The molecule has 128 valence electrons. The maximum Gasteiger partial charge on any atom is 0.358 e. The van der Waals surface area contributed by atoms with Crippen molar-refractivity contribution in [3.05, 3.63) is 44.8 Å². The lowest BCUT2D eigenvalue weighted by Crippen LogP contribution is -2.14. The Kier molecular flexibility index (Phi) is 5.72. The molecule has 1 aromatic heterocycles. The molecule has 1 aromatic carbocycles. The summed E-state index contributed by atoms with van der Waals surface area (Å²) in [6.07, 6.45) is 0. The van der Waals surface area contributed by atoms with E-state index in [2.05, 4.69) is 31.0 Å². The number of nitrogens with zero attached hydrogens (tertiary/aromatic N) is 2. The fourth-order valence-electron chi connectivity index (χ4n) is 2.01. The summed E-state index contributed by atoms with van der Waals surface area (Å²) in [5.74, 6) is -2.41. The Hall–Kier alpha value is -2.50. The first kappa shape index (κ1) is 18.8. The number of pyridine rings is 1. The number of methoxy groups -OCH3 is 1. The molecule has 2 aromatic rings. The highest BCUT2D eigenvalue weighted by Crippen LogP contribution is 2.35. The number of aromatic nitrogens is 1. The zero-order chi connectivity index (χ0) is 18.7. The first-order chi connectivity index (χ1) is 11.8. The van der Waals surface area contributed by atoms with E-state index in [9.17, 15) is 14.0 Å². The van der Waals surface area contributed by atoms with Crippen LogP contribution in [-0.2, 0) is 9.53 Å². The molecule has 1 N–H and O–H groups in total. The van der Waals surface area contributed by atoms with Crippen molar-refractivity contribution in [3.63, 3.8) is 0 Å². The van der Waals surface area contributed by atoms with Gasteiger partial charge in [-0.25, -0.2) is 14.2 Å². The second-order valence-corrected chi connectivity index (χ2v) is 6.02. The van der Waals surface area contributed by atoms with Crippen molar-refractivity contribution in [2.75, 3.05) is 12.4 Å². The first-order valence-electron chi connectivity index (χ1n) is 6.75. The van der Waals surface area contributed by atoms with Crippen molar-refractivity contribution >= 4 is 45.1 Å². The lowest BCUT2D eigenvalue weighted by atomic mass is 10.1. The molecule has 0 saturated carbocycles. The van der Waals surface area contributed by atoms with E-state index >= 15 is 0 Å². The normalized spacial score (nSPS) is 10.1. The average Bonchev–Trinajstić information content (AvgIpc) is 2.58. The lowest BCUT2D eigenvalue weighted by molar-refractivity contribution is -0.114. The molecule has 0 spiro atoms. The van der Waals surface area contributed by atoms with Crippen LogP contribution >= 0.6 is 27.5 Å². The van der Waals surface area contributed by atoms with Crippen molar-refractivity contribution in [3.8, 4) is 17.3 Å². The van der Waals surface area contributed by atoms with Crippen molar-refractivity contribution < 1.29 is 18.7 Å². The van der Waals surface area contributed by atoms with Crippen LogP contribution in [0.3, 0.4) is 0 Å². The van der Waals surface area contributed by atoms with Gasteiger partial charge in [0.05, 0.1) is 12.7 Å². The minimum Gasteiger partial charge on any atom is -0.464 e. The van der Waals surface area contributed by atoms with E-state index in [1.54, 1.807) is 6.07 Å². The summed E-state index contributed by atoms with van der Waals surface area (Å²) in [5, 5.41) is 11.0. The van der Waals surface area contributed by atoms with Crippen molar-refractivity contribution in [1.29, 1.82) is 5.26 Å². The van der Waals surface area contributed by atoms with Crippen LogP contribution in [0, 0.1) is 17.1 Å². The van der Waals surface area contributed by atoms with E-state index in [0.717, 1.165) is 7.11 Å². The number of hydrogen-bond acceptors (Lipinski definition) is 5. The van der Waals surface area contributed by atoms with Crippen LogP contribution in [-0.4, -0.2) is 24.0 Å². The number of anilines is 1. The number of nitriles is 1. The molecule has 0 bridgehead atoms. The van der Waals surface area contributed by atoms with Gasteiger partial charge in [-0.3, -0.25) is 4.79 Å². The highest BCUT2D eigenvalue weighted by Gasteiger charge is 2.25. The number of esters is 1. The van der Waals surface area contributed by atoms with E-state index in [-0.39, 0.29) is 33.2 Å². The largest absolute Gasteiger partial charge is 0.464 e. The molecule has 0 saturated heterocycles. The number of carbonyl (C=O) groups is 2. The Morgan fingerprint density at radius 3 is 2.68 bits per heavy atom. The molecule has 1 heterocycles. The second-order valence-electron chi connectivity index (χ2n) is 4.79. The molecule has 25 heavy (non-hydrogen) atoms. The van der Waals surface area contributed by atoms with Gasteiger partial charge in [0.15, 0.2) is 11.5 Å². The topological polar surface area (TPSA) is 92.1 Å². The van der Waals surface area contributed by atoms with E-state index in [0.29, 0.717) is 4.47 Å². The Morgan fingerprint density at radius 2 is 2.12 bits per heavy atom. The monoisotopic (exact) mass is 425 g/mol. The minimum absolute atomic E-state index is 0.227. The number of halogens is 3. The Labute approximate surface area is 155 Å². The molecule has 2 rings (SSSR count). The Bertz CT molecular complexity index is 928. The van der Waals surface area contributed by atoms with Crippen molar-refractivity contribution in [2.45, 2.75) is 6.92 Å². The van der Waals surface area contributed by atoms with Gasteiger partial charge in [-0.05, 0) is 28.1 Å². The van der Waals surface area contributed by atoms with Gasteiger partial charge in [-0.15, -0.1) is 0 Å². The van der Waals surface area contributed by atoms with E-state index in [1.165, 1.54) is 19.1 Å². The summed E-state index contributed by atoms with van der Waals surface area (Å²) in [6.45, 7) is 1.17. The van der Waals surface area contributed by atoms with Crippen LogP contribution in [0.15, 0.2) is 22.7 Å². The van der Waals surface area contributed by atoms with Crippen LogP contribution in [0.4, 0.5) is 10.1 Å². The predicted octanol–water partition coefficient (Wildman–Crippen LogP) is 3.92. The molecular weight excluding hydrogens is 417 g/mol. The fraction of sp³-hybridized carbons (Fsp3) is 0.125. The number of amides is 1. The number of carbonyl (C=O) groups excluding carboxylic acids is 2. The maximum atomic E-state index is 14.9. The molecule has 0 aliphatic heterocycles. The average molecular weight is 427 g/mol. The van der Waals surface area contributed by atoms with Crippen LogP contribution in [0.2, 0.25) is 5.02 Å². The van der Waals surface area contributed by atoms with Gasteiger partial charge in [0.25, 0.3) is 0 Å². The molecule has 6 nitrogen and oxygen atoms in total. The van der Waals surface area contributed by atoms with Crippen LogP contribution < -0.4 is 5.32 Å². The van der Waals surface area contributed by atoms with E-state index in [1.807, 2.05) is 6.07 Å². The minimum atomic E-state index is -0.931. The quantitative estimate of drug-likeness (QED) is 0.751. The van der Waals surface area contributed by atoms with Gasteiger partial charge in [-0.1, -0.05) is 17.7 Å². The zero-order valence-corrected chi connectivity index (χ0v) is 15.3. The molecule has 0 fully saturated rings. The van der Waals surface area contributed by atoms with E-state index < -0.39 is 17.7 Å². The summed E-state index contributed by atoms with van der Waals surface area (Å²) in [4.78, 5) is 27.1. The zero-order valence-electron chi connectivity index (χ0n) is 13.0. The molecule has 0 aliphatic rings. The van der Waals surface area contributed by atoms with Gasteiger partial charge in [0.2, 0.25) is 5.91 Å². The van der Waals surface area contributed by atoms with Gasteiger partial charge < -0.3 is 10.1 Å². The third kappa shape index (κ3) is 3.78. The number of hydrogen-bond donors (Lipinski definition) is 1. The highest BCUT2D eigenvalue weighted by molar-refractivity contribution is 9.10. The van der Waals surface area contributed by atoms with Gasteiger partial charge in [0, 0.05) is 17.0 Å². The Balaban J connectivity index is 2.79. The van der Waals surface area contributed by atoms with E-state index in [4.69, 9.17) is 16.9 Å². The maximum absolute atomic E-state index is 14.9. The fourth-order valence-corrected chi connectivity index (χ4v) is 2.60. The van der Waals surface area contributed by atoms with Crippen LogP contribution in [0.25, 0.3) is 11.3 Å². The molecular formula is C16H10BrClFN3O3. The smallest absolute Gasteiger partial charge is 0.358 e. The number of benzene rings is 1. The molecule has 0 radical (unpaired) electrons. The van der Waals surface area contributed by atoms with Crippen molar-refractivity contribution in [1.82, 2.24) is 4.98 Å². The highest BCUT2D eigenvalue weighted by atomic mass is 79.9.